The maximum absolute atomic E-state index is 11.7. The van der Waals surface area contributed by atoms with E-state index in [1.165, 1.54) is 4.90 Å². The number of nitrogens with zero attached hydrogens (tertiary/aromatic N) is 1. The van der Waals surface area contributed by atoms with Crippen molar-refractivity contribution in [1.82, 2.24) is 10.2 Å². The third kappa shape index (κ3) is 3.06. The highest BCUT2D eigenvalue weighted by Gasteiger charge is 2.38. The van der Waals surface area contributed by atoms with E-state index in [9.17, 15) is 18.0 Å². The van der Waals surface area contributed by atoms with E-state index in [-0.39, 0.29) is 13.1 Å². The fourth-order valence-electron chi connectivity index (χ4n) is 1.26. The zero-order valence-electron chi connectivity index (χ0n) is 7.69. The van der Waals surface area contributed by atoms with E-state index in [0.717, 1.165) is 0 Å². The lowest BCUT2D eigenvalue weighted by Crippen LogP contribution is -2.68. The first-order valence-corrected chi connectivity index (χ1v) is 4.08. The number of likely N-dealkylation sites (tertiary alicyclic amines) is 1. The molecule has 0 aromatic heterocycles. The number of hydrogen-bond donors (Lipinski definition) is 2. The average Bonchev–Trinajstić information content (AvgIpc) is 1.94. The van der Waals surface area contributed by atoms with Crippen LogP contribution < -0.4 is 11.1 Å². The molecule has 3 N–H and O–H groups in total. The summed E-state index contributed by atoms with van der Waals surface area (Å²) in [6, 6.07) is -0.717. The molecule has 14 heavy (non-hydrogen) atoms. The predicted molar refractivity (Wildman–Crippen MR) is 43.6 cm³/mol. The molecule has 0 aromatic carbocycles. The summed E-state index contributed by atoms with van der Waals surface area (Å²) >= 11 is 0. The highest BCUT2D eigenvalue weighted by molar-refractivity contribution is 5.75. The topological polar surface area (TPSA) is 58.4 Å². The van der Waals surface area contributed by atoms with Crippen molar-refractivity contribution in [3.05, 3.63) is 0 Å². The fraction of sp³-hybridized carbons (Fsp3) is 0.857. The monoisotopic (exact) mass is 211 g/mol. The van der Waals surface area contributed by atoms with Gasteiger partial charge in [0.05, 0.1) is 0 Å². The van der Waals surface area contributed by atoms with Gasteiger partial charge in [0.15, 0.2) is 0 Å². The Labute approximate surface area is 79.2 Å². The number of carbonyl (C=O) groups is 1. The lowest BCUT2D eigenvalue weighted by atomic mass is 9.94. The minimum atomic E-state index is -4.37. The van der Waals surface area contributed by atoms with E-state index in [1.807, 2.05) is 0 Å². The van der Waals surface area contributed by atoms with Gasteiger partial charge in [0, 0.05) is 18.6 Å². The molecule has 1 rings (SSSR count). The van der Waals surface area contributed by atoms with Crippen molar-refractivity contribution >= 4 is 6.03 Å². The normalized spacial score (nSPS) is 20.2. The van der Waals surface area contributed by atoms with Crippen LogP contribution in [0.2, 0.25) is 0 Å². The Hall–Kier alpha value is -0.980. The smallest absolute Gasteiger partial charge is 0.329 e. The van der Waals surface area contributed by atoms with Gasteiger partial charge in [-0.15, -0.1) is 0 Å². The third-order valence-corrected chi connectivity index (χ3v) is 1.83. The predicted octanol–water partition coefficient (Wildman–Crippen LogP) is 0.291. The van der Waals surface area contributed by atoms with Crippen molar-refractivity contribution < 1.29 is 18.0 Å². The Bertz CT molecular complexity index is 231. The fourth-order valence-corrected chi connectivity index (χ4v) is 1.26. The number of hydrogen-bond acceptors (Lipinski definition) is 2. The molecule has 1 aliphatic rings. The summed E-state index contributed by atoms with van der Waals surface area (Å²) in [4.78, 5) is 12.3. The van der Waals surface area contributed by atoms with Crippen molar-refractivity contribution in [2.75, 3.05) is 19.6 Å². The molecule has 1 aliphatic heterocycles. The van der Waals surface area contributed by atoms with E-state index in [1.54, 1.807) is 12.2 Å². The van der Waals surface area contributed by atoms with E-state index in [4.69, 9.17) is 5.73 Å². The molecule has 82 valence electrons. The average molecular weight is 211 g/mol. The van der Waals surface area contributed by atoms with Crippen LogP contribution in [0.1, 0.15) is 6.92 Å². The maximum Gasteiger partial charge on any atom is 0.405 e. The summed E-state index contributed by atoms with van der Waals surface area (Å²) < 4.78 is 35.1. The van der Waals surface area contributed by atoms with Gasteiger partial charge in [0.25, 0.3) is 0 Å². The number of rotatable bonds is 1. The number of carbonyl (C=O) groups excluding carboxylic acids is 1. The molecule has 0 saturated carbocycles. The molecule has 4 nitrogen and oxygen atoms in total. The van der Waals surface area contributed by atoms with Gasteiger partial charge in [-0.3, -0.25) is 0 Å². The zero-order valence-corrected chi connectivity index (χ0v) is 7.69. The van der Waals surface area contributed by atoms with Crippen LogP contribution in [-0.4, -0.2) is 42.3 Å². The standard InChI is InChI=1S/C7H12F3N3O/c1-6(11)3-13(4-6)5(14)12-2-7(8,9)10/h2-4,11H2,1H3,(H,12,14). The number of halogens is 3. The number of nitrogens with two attached hydrogens (primary N) is 1. The number of alkyl halides is 3. The minimum Gasteiger partial charge on any atom is -0.329 e. The molecule has 0 aliphatic carbocycles. The summed E-state index contributed by atoms with van der Waals surface area (Å²) in [5.41, 5.74) is 5.13. The number of amides is 2. The first kappa shape index (κ1) is 11.1. The van der Waals surface area contributed by atoms with Crippen molar-refractivity contribution in [3.8, 4) is 0 Å². The molecule has 0 atom stereocenters. The molecule has 0 unspecified atom stereocenters. The van der Waals surface area contributed by atoms with Gasteiger partial charge in [0.2, 0.25) is 0 Å². The first-order chi connectivity index (χ1) is 6.20. The molecule has 2 amide bonds. The summed E-state index contributed by atoms with van der Waals surface area (Å²) in [6.45, 7) is 1.01. The van der Waals surface area contributed by atoms with Crippen molar-refractivity contribution in [3.63, 3.8) is 0 Å². The van der Waals surface area contributed by atoms with Crippen LogP contribution in [0, 0.1) is 0 Å². The molecular formula is C7H12F3N3O. The van der Waals surface area contributed by atoms with E-state index in [0.29, 0.717) is 0 Å². The second-order valence-corrected chi connectivity index (χ2v) is 3.78. The second-order valence-electron chi connectivity index (χ2n) is 3.78. The lowest BCUT2D eigenvalue weighted by Gasteiger charge is -2.45. The van der Waals surface area contributed by atoms with Gasteiger partial charge in [-0.25, -0.2) is 4.79 Å². The summed E-state index contributed by atoms with van der Waals surface area (Å²) in [5, 5.41) is 1.77. The Balaban J connectivity index is 2.25. The van der Waals surface area contributed by atoms with Gasteiger partial charge in [-0.1, -0.05) is 0 Å². The van der Waals surface area contributed by atoms with Crippen LogP contribution in [0.25, 0.3) is 0 Å². The quantitative estimate of drug-likeness (QED) is 0.655. The molecule has 1 saturated heterocycles. The van der Waals surface area contributed by atoms with Crippen LogP contribution >= 0.6 is 0 Å². The summed E-state index contributed by atoms with van der Waals surface area (Å²) in [5.74, 6) is 0. The SMILES string of the molecule is CC1(N)CN(C(=O)NCC(F)(F)F)C1. The van der Waals surface area contributed by atoms with Gasteiger partial charge in [-0.2, -0.15) is 13.2 Å². The largest absolute Gasteiger partial charge is 0.405 e. The zero-order chi connectivity index (χ0) is 11.0. The van der Waals surface area contributed by atoms with E-state index < -0.39 is 24.3 Å². The van der Waals surface area contributed by atoms with Crippen LogP contribution in [0.5, 0.6) is 0 Å². The Morgan fingerprint density at radius 3 is 2.43 bits per heavy atom. The molecule has 0 aromatic rings. The molecule has 7 heteroatoms. The van der Waals surface area contributed by atoms with Crippen molar-refractivity contribution in [2.45, 2.75) is 18.6 Å². The highest BCUT2D eigenvalue weighted by Crippen LogP contribution is 2.17. The van der Waals surface area contributed by atoms with Crippen LogP contribution in [-0.2, 0) is 0 Å². The molecule has 0 radical (unpaired) electrons. The van der Waals surface area contributed by atoms with Gasteiger partial charge in [-0.05, 0) is 6.92 Å². The van der Waals surface area contributed by atoms with Crippen molar-refractivity contribution in [1.29, 1.82) is 0 Å². The summed E-state index contributed by atoms with van der Waals surface area (Å²) in [6.07, 6.45) is -4.37. The Morgan fingerprint density at radius 1 is 1.57 bits per heavy atom. The Morgan fingerprint density at radius 2 is 2.07 bits per heavy atom. The molecule has 0 bridgehead atoms. The molecular weight excluding hydrogens is 199 g/mol. The number of urea groups is 1. The van der Waals surface area contributed by atoms with Gasteiger partial charge < -0.3 is 16.0 Å². The van der Waals surface area contributed by atoms with Gasteiger partial charge >= 0.3 is 12.2 Å². The van der Waals surface area contributed by atoms with Crippen molar-refractivity contribution in [2.24, 2.45) is 5.73 Å². The van der Waals surface area contributed by atoms with Crippen LogP contribution in [0.15, 0.2) is 0 Å². The van der Waals surface area contributed by atoms with Crippen LogP contribution in [0.4, 0.5) is 18.0 Å². The third-order valence-electron chi connectivity index (χ3n) is 1.83. The Kier molecular flexibility index (Phi) is 2.62. The second kappa shape index (κ2) is 3.30. The van der Waals surface area contributed by atoms with Crippen LogP contribution in [0.3, 0.4) is 0 Å². The van der Waals surface area contributed by atoms with E-state index >= 15 is 0 Å². The maximum atomic E-state index is 11.7. The number of nitrogens with one attached hydrogen (secondary N) is 1. The molecule has 0 spiro atoms. The molecule has 1 heterocycles. The highest BCUT2D eigenvalue weighted by atomic mass is 19.4. The van der Waals surface area contributed by atoms with Gasteiger partial charge in [0.1, 0.15) is 6.54 Å². The molecule has 1 fully saturated rings. The summed E-state index contributed by atoms with van der Waals surface area (Å²) in [7, 11) is 0. The minimum absolute atomic E-state index is 0.288. The van der Waals surface area contributed by atoms with E-state index in [2.05, 4.69) is 0 Å². The lowest BCUT2D eigenvalue weighted by molar-refractivity contribution is -0.123. The first-order valence-electron chi connectivity index (χ1n) is 4.08.